The first-order valence-electron chi connectivity index (χ1n) is 7.08. The van der Waals surface area contributed by atoms with Gasteiger partial charge in [0.25, 0.3) is 0 Å². The van der Waals surface area contributed by atoms with Gasteiger partial charge < -0.3 is 10.1 Å². The fraction of sp³-hybridized carbons (Fsp3) is 0.625. The van der Waals surface area contributed by atoms with E-state index in [0.29, 0.717) is 11.5 Å². The average molecular weight is 279 g/mol. The van der Waals surface area contributed by atoms with Gasteiger partial charge in [-0.05, 0) is 42.2 Å². The van der Waals surface area contributed by atoms with Crippen LogP contribution in [-0.4, -0.2) is 30.7 Å². The highest BCUT2D eigenvalue weighted by Crippen LogP contribution is 2.33. The van der Waals surface area contributed by atoms with Crippen LogP contribution < -0.4 is 10.1 Å². The molecule has 1 N–H and O–H groups in total. The smallest absolute Gasteiger partial charge is 0.119 e. The van der Waals surface area contributed by atoms with Gasteiger partial charge in [-0.2, -0.15) is 11.8 Å². The summed E-state index contributed by atoms with van der Waals surface area (Å²) in [7, 11) is 0. The molecule has 2 rings (SSSR count). The van der Waals surface area contributed by atoms with Crippen molar-refractivity contribution >= 4 is 11.8 Å². The molecule has 0 radical (unpaired) electrons. The average Bonchev–Trinajstić information content (AvgIpc) is 2.36. The molecule has 1 aliphatic rings. The van der Waals surface area contributed by atoms with E-state index in [0.717, 1.165) is 18.9 Å². The van der Waals surface area contributed by atoms with Crippen LogP contribution in [0.2, 0.25) is 0 Å². The Bertz CT molecular complexity index is 405. The number of benzene rings is 1. The van der Waals surface area contributed by atoms with Crippen LogP contribution in [0.4, 0.5) is 0 Å². The molecular weight excluding hydrogens is 254 g/mol. The number of ether oxygens (including phenoxy) is 1. The number of nitrogens with one attached hydrogen (secondary N) is 1. The van der Waals surface area contributed by atoms with Crippen LogP contribution in [-0.2, 0) is 0 Å². The highest BCUT2D eigenvalue weighted by Gasteiger charge is 2.31. The van der Waals surface area contributed by atoms with E-state index in [2.05, 4.69) is 50.0 Å². The van der Waals surface area contributed by atoms with E-state index in [1.165, 1.54) is 23.5 Å². The zero-order valence-electron chi connectivity index (χ0n) is 12.2. The standard InChI is InChI=1S/C16H25NOS/c1-13-5-4-6-14(11-13)18-9-8-17-15-12-19-10-7-16(15,2)3/h4-6,11,15,17H,7-10,12H2,1-3H3. The second-order valence-electron chi connectivity index (χ2n) is 5.99. The maximum absolute atomic E-state index is 5.78. The number of aryl methyl sites for hydroxylation is 1. The highest BCUT2D eigenvalue weighted by atomic mass is 32.2. The molecule has 1 fully saturated rings. The highest BCUT2D eigenvalue weighted by molar-refractivity contribution is 7.99. The molecule has 19 heavy (non-hydrogen) atoms. The number of rotatable bonds is 5. The molecule has 0 aliphatic carbocycles. The summed E-state index contributed by atoms with van der Waals surface area (Å²) in [5.74, 6) is 3.49. The summed E-state index contributed by atoms with van der Waals surface area (Å²) in [5.41, 5.74) is 1.66. The van der Waals surface area contributed by atoms with E-state index in [1.54, 1.807) is 0 Å². The van der Waals surface area contributed by atoms with Gasteiger partial charge in [0.15, 0.2) is 0 Å². The minimum Gasteiger partial charge on any atom is -0.492 e. The second-order valence-corrected chi connectivity index (χ2v) is 7.14. The summed E-state index contributed by atoms with van der Waals surface area (Å²) in [6.45, 7) is 8.48. The van der Waals surface area contributed by atoms with Gasteiger partial charge in [0.2, 0.25) is 0 Å². The van der Waals surface area contributed by atoms with Gasteiger partial charge in [0.1, 0.15) is 12.4 Å². The minimum absolute atomic E-state index is 0.411. The Labute approximate surface area is 121 Å². The zero-order valence-corrected chi connectivity index (χ0v) is 13.1. The lowest BCUT2D eigenvalue weighted by Crippen LogP contribution is -2.47. The molecule has 0 aromatic heterocycles. The molecule has 106 valence electrons. The number of thioether (sulfide) groups is 1. The Morgan fingerprint density at radius 1 is 1.42 bits per heavy atom. The Morgan fingerprint density at radius 2 is 2.26 bits per heavy atom. The largest absolute Gasteiger partial charge is 0.492 e. The lowest BCUT2D eigenvalue weighted by molar-refractivity contribution is 0.228. The summed E-state index contributed by atoms with van der Waals surface area (Å²) >= 11 is 2.06. The van der Waals surface area contributed by atoms with Gasteiger partial charge in [-0.3, -0.25) is 0 Å². The molecule has 1 aromatic rings. The van der Waals surface area contributed by atoms with Gasteiger partial charge in [0.05, 0.1) is 0 Å². The molecule has 1 aliphatic heterocycles. The molecule has 0 bridgehead atoms. The van der Waals surface area contributed by atoms with Gasteiger partial charge >= 0.3 is 0 Å². The third-order valence-electron chi connectivity index (χ3n) is 3.87. The normalized spacial score (nSPS) is 22.2. The SMILES string of the molecule is Cc1cccc(OCCNC2CSCCC2(C)C)c1. The van der Waals surface area contributed by atoms with E-state index in [9.17, 15) is 0 Å². The van der Waals surface area contributed by atoms with Crippen LogP contribution in [0, 0.1) is 12.3 Å². The summed E-state index contributed by atoms with van der Waals surface area (Å²) in [5, 5.41) is 3.65. The van der Waals surface area contributed by atoms with E-state index in [4.69, 9.17) is 4.74 Å². The zero-order chi connectivity index (χ0) is 13.7. The van der Waals surface area contributed by atoms with Crippen LogP contribution in [0.1, 0.15) is 25.8 Å². The summed E-state index contributed by atoms with van der Waals surface area (Å²) < 4.78 is 5.78. The van der Waals surface area contributed by atoms with Crippen molar-refractivity contribution in [1.29, 1.82) is 0 Å². The Morgan fingerprint density at radius 3 is 3.00 bits per heavy atom. The Kier molecular flexibility index (Phi) is 5.17. The summed E-state index contributed by atoms with van der Waals surface area (Å²) in [6.07, 6.45) is 1.30. The third kappa shape index (κ3) is 4.43. The lowest BCUT2D eigenvalue weighted by atomic mass is 9.82. The van der Waals surface area contributed by atoms with Crippen LogP contribution in [0.5, 0.6) is 5.75 Å². The predicted octanol–water partition coefficient (Wildman–Crippen LogP) is 3.50. The van der Waals surface area contributed by atoms with Crippen molar-refractivity contribution in [2.75, 3.05) is 24.7 Å². The van der Waals surface area contributed by atoms with E-state index < -0.39 is 0 Å². The fourth-order valence-corrected chi connectivity index (χ4v) is 4.02. The molecule has 3 heteroatoms. The van der Waals surface area contributed by atoms with Crippen molar-refractivity contribution in [3.05, 3.63) is 29.8 Å². The van der Waals surface area contributed by atoms with Crippen molar-refractivity contribution < 1.29 is 4.74 Å². The van der Waals surface area contributed by atoms with Crippen LogP contribution in [0.3, 0.4) is 0 Å². The van der Waals surface area contributed by atoms with Gasteiger partial charge in [-0.1, -0.05) is 26.0 Å². The first-order valence-corrected chi connectivity index (χ1v) is 8.24. The van der Waals surface area contributed by atoms with Gasteiger partial charge in [-0.15, -0.1) is 0 Å². The molecule has 0 saturated carbocycles. The maximum Gasteiger partial charge on any atom is 0.119 e. The molecule has 1 saturated heterocycles. The van der Waals surface area contributed by atoms with Crippen molar-refractivity contribution in [1.82, 2.24) is 5.32 Å². The van der Waals surface area contributed by atoms with E-state index >= 15 is 0 Å². The third-order valence-corrected chi connectivity index (χ3v) is 4.93. The topological polar surface area (TPSA) is 21.3 Å². The minimum atomic E-state index is 0.411. The molecule has 2 nitrogen and oxygen atoms in total. The second kappa shape index (κ2) is 6.67. The monoisotopic (exact) mass is 279 g/mol. The number of hydrogen-bond acceptors (Lipinski definition) is 3. The fourth-order valence-electron chi connectivity index (χ4n) is 2.38. The van der Waals surface area contributed by atoms with E-state index in [-0.39, 0.29) is 0 Å². The maximum atomic E-state index is 5.78. The van der Waals surface area contributed by atoms with Gasteiger partial charge in [0, 0.05) is 18.3 Å². The van der Waals surface area contributed by atoms with Crippen molar-refractivity contribution in [2.45, 2.75) is 33.2 Å². The van der Waals surface area contributed by atoms with Crippen molar-refractivity contribution in [2.24, 2.45) is 5.41 Å². The molecule has 0 amide bonds. The first-order chi connectivity index (χ1) is 9.08. The molecule has 1 heterocycles. The van der Waals surface area contributed by atoms with Crippen molar-refractivity contribution in [3.8, 4) is 5.75 Å². The quantitative estimate of drug-likeness (QED) is 0.834. The van der Waals surface area contributed by atoms with E-state index in [1.807, 2.05) is 12.1 Å². The number of hydrogen-bond donors (Lipinski definition) is 1. The molecule has 1 aromatic carbocycles. The first kappa shape index (κ1) is 14.7. The Balaban J connectivity index is 1.72. The lowest BCUT2D eigenvalue weighted by Gasteiger charge is -2.38. The summed E-state index contributed by atoms with van der Waals surface area (Å²) in [4.78, 5) is 0. The Hall–Kier alpha value is -0.670. The van der Waals surface area contributed by atoms with Crippen molar-refractivity contribution in [3.63, 3.8) is 0 Å². The predicted molar refractivity (Wildman–Crippen MR) is 84.2 cm³/mol. The van der Waals surface area contributed by atoms with Crippen LogP contribution >= 0.6 is 11.8 Å². The molecule has 1 atom stereocenters. The molecule has 1 unspecified atom stereocenters. The molecular formula is C16H25NOS. The van der Waals surface area contributed by atoms with Crippen LogP contribution in [0.25, 0.3) is 0 Å². The molecule has 0 spiro atoms. The summed E-state index contributed by atoms with van der Waals surface area (Å²) in [6, 6.07) is 8.84. The van der Waals surface area contributed by atoms with Gasteiger partial charge in [-0.25, -0.2) is 0 Å². The van der Waals surface area contributed by atoms with Crippen LogP contribution in [0.15, 0.2) is 24.3 Å².